The van der Waals surface area contributed by atoms with Crippen molar-refractivity contribution in [2.24, 2.45) is 11.8 Å². The lowest BCUT2D eigenvalue weighted by atomic mass is 9.75. The summed E-state index contributed by atoms with van der Waals surface area (Å²) in [5.74, 6) is 0.422. The Balaban J connectivity index is 0.00000127. The van der Waals surface area contributed by atoms with Gasteiger partial charge in [0.2, 0.25) is 30.1 Å². The molecular weight excluding hydrogens is 479 g/mol. The largest absolute Gasteiger partial charge is 0.492 e. The molecule has 37 heavy (non-hydrogen) atoms. The molecule has 1 heterocycles. The van der Waals surface area contributed by atoms with Crippen LogP contribution in [0.15, 0.2) is 12.7 Å². The first-order valence-corrected chi connectivity index (χ1v) is 12.7. The first kappa shape index (κ1) is 32.1. The molecule has 0 saturated carbocycles. The Labute approximate surface area is 220 Å². The molecule has 1 aliphatic carbocycles. The van der Waals surface area contributed by atoms with Crippen molar-refractivity contribution in [3.05, 3.63) is 23.8 Å². The third-order valence-electron chi connectivity index (χ3n) is 5.76. The fourth-order valence-electron chi connectivity index (χ4n) is 4.29. The standard InChI is InChI=1S/C21H31BN2O8.C3H6.C2H6/c1-11(2)7-15(22(27)28)24-16(25)9-23-21(26)12-5-6-13-14(8-12)18-20(32-10-31-18)19(30-4)17(13)29-3;1-3-2;1-2/h11-12,15,27-28H,5-10H2,1-4H3,(H,23,26)(H,24,25);3H,1H2,2H3;1-2H3. The second-order valence-electron chi connectivity index (χ2n) is 8.87. The number of carbonyl (C=O) groups excluding carboxylic acids is 2. The van der Waals surface area contributed by atoms with Crippen LogP contribution in [0.3, 0.4) is 0 Å². The number of rotatable bonds is 9. The molecule has 0 spiro atoms. The second kappa shape index (κ2) is 16.0. The molecule has 4 N–H and O–H groups in total. The Morgan fingerprint density at radius 2 is 1.73 bits per heavy atom. The third-order valence-corrected chi connectivity index (χ3v) is 5.76. The molecule has 11 heteroatoms. The van der Waals surface area contributed by atoms with E-state index < -0.39 is 19.0 Å². The van der Waals surface area contributed by atoms with Crippen LogP contribution in [0.5, 0.6) is 23.0 Å². The summed E-state index contributed by atoms with van der Waals surface area (Å²) in [5.41, 5.74) is 1.79. The van der Waals surface area contributed by atoms with Crippen molar-refractivity contribution in [1.82, 2.24) is 10.6 Å². The number of hydrogen-bond acceptors (Lipinski definition) is 8. The van der Waals surface area contributed by atoms with E-state index in [0.717, 1.165) is 11.1 Å². The SMILES string of the molecule is C=CC.CC.COc1c2c(c3c(c1OC)OCO3)CC(C(=O)NCC(=O)NC(CC(C)C)B(O)O)CC2. The topological polar surface area (TPSA) is 136 Å². The number of carbonyl (C=O) groups is 2. The highest BCUT2D eigenvalue weighted by atomic mass is 16.7. The van der Waals surface area contributed by atoms with E-state index in [1.807, 2.05) is 34.6 Å². The van der Waals surface area contributed by atoms with Gasteiger partial charge in [-0.2, -0.15) is 0 Å². The van der Waals surface area contributed by atoms with Gasteiger partial charge in [-0.3, -0.25) is 9.59 Å². The monoisotopic (exact) mass is 522 g/mol. The molecule has 0 radical (unpaired) electrons. The highest BCUT2D eigenvalue weighted by molar-refractivity contribution is 6.43. The van der Waals surface area contributed by atoms with E-state index in [4.69, 9.17) is 18.9 Å². The fraction of sp³-hybridized carbons (Fsp3) is 0.615. The van der Waals surface area contributed by atoms with E-state index in [2.05, 4.69) is 17.2 Å². The van der Waals surface area contributed by atoms with E-state index in [1.54, 1.807) is 13.2 Å². The predicted octanol–water partition coefficient (Wildman–Crippen LogP) is 2.42. The number of benzene rings is 1. The zero-order chi connectivity index (χ0) is 28.1. The number of nitrogens with one attached hydrogen (secondary N) is 2. The lowest BCUT2D eigenvalue weighted by molar-refractivity contribution is -0.129. The van der Waals surface area contributed by atoms with Crippen LogP contribution in [0.2, 0.25) is 0 Å². The van der Waals surface area contributed by atoms with Gasteiger partial charge >= 0.3 is 7.12 Å². The van der Waals surface area contributed by atoms with Gasteiger partial charge in [0, 0.05) is 17.0 Å². The zero-order valence-electron chi connectivity index (χ0n) is 23.2. The van der Waals surface area contributed by atoms with Gasteiger partial charge in [-0.25, -0.2) is 0 Å². The smallest absolute Gasteiger partial charge is 0.475 e. The zero-order valence-corrected chi connectivity index (χ0v) is 23.2. The Kier molecular flexibility index (Phi) is 13.9. The van der Waals surface area contributed by atoms with Crippen LogP contribution in [-0.4, -0.2) is 62.5 Å². The minimum absolute atomic E-state index is 0.0661. The van der Waals surface area contributed by atoms with E-state index >= 15 is 0 Å². The molecule has 0 saturated heterocycles. The van der Waals surface area contributed by atoms with Gasteiger partial charge in [-0.05, 0) is 38.5 Å². The predicted molar refractivity (Wildman–Crippen MR) is 143 cm³/mol. The van der Waals surface area contributed by atoms with Crippen LogP contribution in [-0.2, 0) is 22.4 Å². The summed E-state index contributed by atoms with van der Waals surface area (Å²) >= 11 is 0. The Hall–Kier alpha value is -2.92. The van der Waals surface area contributed by atoms with Crippen molar-refractivity contribution >= 4 is 18.9 Å². The van der Waals surface area contributed by atoms with Gasteiger partial charge in [0.1, 0.15) is 0 Å². The van der Waals surface area contributed by atoms with Crippen LogP contribution >= 0.6 is 0 Å². The first-order chi connectivity index (χ1) is 17.7. The van der Waals surface area contributed by atoms with Gasteiger partial charge in [0.25, 0.3) is 0 Å². The maximum Gasteiger partial charge on any atom is 0.475 e. The summed E-state index contributed by atoms with van der Waals surface area (Å²) in [6.07, 6.45) is 3.74. The van der Waals surface area contributed by atoms with Crippen molar-refractivity contribution in [1.29, 1.82) is 0 Å². The van der Waals surface area contributed by atoms with E-state index in [-0.39, 0.29) is 31.1 Å². The average Bonchev–Trinajstić information content (AvgIpc) is 3.37. The molecule has 1 aliphatic heterocycles. The number of ether oxygens (including phenoxy) is 4. The minimum atomic E-state index is -1.66. The molecule has 1 aromatic carbocycles. The quantitative estimate of drug-likeness (QED) is 0.287. The molecule has 1 aromatic rings. The van der Waals surface area contributed by atoms with Gasteiger partial charge in [-0.15, -0.1) is 6.58 Å². The maximum atomic E-state index is 12.8. The minimum Gasteiger partial charge on any atom is -0.492 e. The number of methoxy groups -OCH3 is 2. The van der Waals surface area contributed by atoms with E-state index in [1.165, 1.54) is 7.11 Å². The summed E-state index contributed by atoms with van der Waals surface area (Å²) < 4.78 is 22.3. The second-order valence-corrected chi connectivity index (χ2v) is 8.87. The van der Waals surface area contributed by atoms with Gasteiger partial charge in [0.15, 0.2) is 11.5 Å². The molecule has 10 nitrogen and oxygen atoms in total. The molecule has 2 atom stereocenters. The molecular formula is C26H43BN2O8. The lowest BCUT2D eigenvalue weighted by Crippen LogP contribution is -2.50. The molecule has 3 rings (SSSR count). The third kappa shape index (κ3) is 8.57. The molecule has 0 aromatic heterocycles. The molecule has 0 bridgehead atoms. The molecule has 2 unspecified atom stereocenters. The van der Waals surface area contributed by atoms with Crippen LogP contribution in [0.25, 0.3) is 0 Å². The van der Waals surface area contributed by atoms with Crippen molar-refractivity contribution in [3.63, 3.8) is 0 Å². The van der Waals surface area contributed by atoms with Crippen LogP contribution in [0, 0.1) is 11.8 Å². The summed E-state index contributed by atoms with van der Waals surface area (Å²) in [7, 11) is 1.44. The van der Waals surface area contributed by atoms with Crippen molar-refractivity contribution < 1.29 is 38.6 Å². The number of hydrogen-bond donors (Lipinski definition) is 4. The van der Waals surface area contributed by atoms with Gasteiger partial charge in [-0.1, -0.05) is 33.8 Å². The molecule has 208 valence electrons. The van der Waals surface area contributed by atoms with E-state index in [0.29, 0.717) is 48.7 Å². The maximum absolute atomic E-state index is 12.8. The van der Waals surface area contributed by atoms with Crippen molar-refractivity contribution in [2.75, 3.05) is 27.6 Å². The number of fused-ring (bicyclic) bond motifs is 3. The highest BCUT2D eigenvalue weighted by Gasteiger charge is 2.36. The number of amides is 2. The summed E-state index contributed by atoms with van der Waals surface area (Å²) in [4.78, 5) is 25.0. The Morgan fingerprint density at radius 1 is 1.14 bits per heavy atom. The van der Waals surface area contributed by atoms with Gasteiger partial charge in [0.05, 0.1) is 26.7 Å². The highest BCUT2D eigenvalue weighted by Crippen LogP contribution is 2.54. The van der Waals surface area contributed by atoms with Crippen LogP contribution in [0.1, 0.15) is 58.6 Å². The summed E-state index contributed by atoms with van der Waals surface area (Å²) in [6.45, 7) is 12.9. The van der Waals surface area contributed by atoms with Crippen LogP contribution in [0.4, 0.5) is 0 Å². The molecule has 0 fully saturated rings. The van der Waals surface area contributed by atoms with Crippen molar-refractivity contribution in [3.8, 4) is 23.0 Å². The van der Waals surface area contributed by atoms with Crippen molar-refractivity contribution in [2.45, 2.75) is 66.2 Å². The Morgan fingerprint density at radius 3 is 2.27 bits per heavy atom. The van der Waals surface area contributed by atoms with Crippen LogP contribution < -0.4 is 29.6 Å². The lowest BCUT2D eigenvalue weighted by Gasteiger charge is -2.27. The summed E-state index contributed by atoms with van der Waals surface area (Å²) in [5, 5.41) is 24.1. The van der Waals surface area contributed by atoms with Gasteiger partial charge < -0.3 is 39.6 Å². The molecule has 2 amide bonds. The summed E-state index contributed by atoms with van der Waals surface area (Å²) in [6, 6.07) is 0. The Bertz CT molecular complexity index is 907. The number of allylic oxidation sites excluding steroid dienone is 1. The normalized spacial score (nSPS) is 15.6. The molecule has 2 aliphatic rings. The average molecular weight is 522 g/mol. The fourth-order valence-corrected chi connectivity index (χ4v) is 4.29. The van der Waals surface area contributed by atoms with E-state index in [9.17, 15) is 19.6 Å². The first-order valence-electron chi connectivity index (χ1n) is 12.7.